The van der Waals surface area contributed by atoms with E-state index in [9.17, 15) is 13.6 Å². The third-order valence-electron chi connectivity index (χ3n) is 4.99. The lowest BCUT2D eigenvalue weighted by atomic mass is 10.1. The van der Waals surface area contributed by atoms with Crippen LogP contribution in [0.4, 0.5) is 25.1 Å². The van der Waals surface area contributed by atoms with Gasteiger partial charge in [-0.2, -0.15) is 0 Å². The van der Waals surface area contributed by atoms with Crippen molar-refractivity contribution in [3.63, 3.8) is 0 Å². The fourth-order valence-electron chi connectivity index (χ4n) is 3.16. The van der Waals surface area contributed by atoms with E-state index in [2.05, 4.69) is 4.98 Å². The van der Waals surface area contributed by atoms with Crippen molar-refractivity contribution in [1.82, 2.24) is 4.98 Å². The lowest BCUT2D eigenvalue weighted by Crippen LogP contribution is -2.43. The third kappa shape index (κ3) is 3.59. The van der Waals surface area contributed by atoms with Gasteiger partial charge in [-0.25, -0.2) is 22.9 Å². The molecular formula is C22H19F2N3O2S. The van der Waals surface area contributed by atoms with Crippen molar-refractivity contribution in [2.75, 3.05) is 16.3 Å². The summed E-state index contributed by atoms with van der Waals surface area (Å²) in [4.78, 5) is 19.6. The van der Waals surface area contributed by atoms with E-state index in [1.807, 2.05) is 38.1 Å². The first-order valence-electron chi connectivity index (χ1n) is 9.23. The van der Waals surface area contributed by atoms with Crippen LogP contribution in [-0.4, -0.2) is 18.1 Å². The normalized spacial score (nSPS) is 13.4. The van der Waals surface area contributed by atoms with Crippen LogP contribution in [0, 0.1) is 25.5 Å². The molecule has 1 aromatic heterocycles. The topological polar surface area (TPSA) is 45.7 Å². The first-order valence-corrected chi connectivity index (χ1v) is 10.00. The minimum atomic E-state index is -0.784. The number of methoxy groups -OCH3 is 1. The van der Waals surface area contributed by atoms with E-state index in [-0.39, 0.29) is 17.9 Å². The van der Waals surface area contributed by atoms with Crippen molar-refractivity contribution in [2.24, 2.45) is 0 Å². The standard InChI is InChI=1S/C22H19F2N3O2S/c1-13-6-7-15(9-14(13)2)27-22(28)26(21-20(30-27)5-4-8-25-21)12-17-18(23)10-16(29-3)11-19(17)24/h4-11H,12H2,1-3H3. The second-order valence-electron chi connectivity index (χ2n) is 6.92. The number of fused-ring (bicyclic) bond motifs is 1. The van der Waals surface area contributed by atoms with Crippen LogP contribution in [0.1, 0.15) is 16.7 Å². The Labute approximate surface area is 177 Å². The fraction of sp³-hybridized carbons (Fsp3) is 0.182. The average molecular weight is 427 g/mol. The van der Waals surface area contributed by atoms with Crippen LogP contribution in [0.2, 0.25) is 0 Å². The number of hydrogen-bond donors (Lipinski definition) is 0. The SMILES string of the molecule is COc1cc(F)c(CN2C(=O)N(c3ccc(C)c(C)c3)Sc3cccnc32)c(F)c1. The summed E-state index contributed by atoms with van der Waals surface area (Å²) in [7, 11) is 1.33. The molecule has 2 amide bonds. The molecule has 1 aliphatic heterocycles. The van der Waals surface area contributed by atoms with Crippen LogP contribution >= 0.6 is 11.9 Å². The molecule has 30 heavy (non-hydrogen) atoms. The molecule has 154 valence electrons. The van der Waals surface area contributed by atoms with Crippen molar-refractivity contribution in [3.8, 4) is 5.75 Å². The van der Waals surface area contributed by atoms with Crippen LogP contribution in [0.15, 0.2) is 53.6 Å². The predicted octanol–water partition coefficient (Wildman–Crippen LogP) is 5.64. The highest BCUT2D eigenvalue weighted by atomic mass is 32.2. The van der Waals surface area contributed by atoms with E-state index in [1.165, 1.54) is 28.3 Å². The lowest BCUT2D eigenvalue weighted by molar-refractivity contribution is 0.253. The van der Waals surface area contributed by atoms with Gasteiger partial charge in [0.25, 0.3) is 0 Å². The number of pyridine rings is 1. The van der Waals surface area contributed by atoms with Crippen molar-refractivity contribution < 1.29 is 18.3 Å². The summed E-state index contributed by atoms with van der Waals surface area (Å²) in [6, 6.07) is 11.0. The molecule has 1 aliphatic rings. The maximum Gasteiger partial charge on any atom is 0.341 e. The summed E-state index contributed by atoms with van der Waals surface area (Å²) in [6.45, 7) is 3.66. The Bertz CT molecular complexity index is 1120. The number of carbonyl (C=O) groups excluding carboxylic acids is 1. The number of aromatic nitrogens is 1. The Hall–Kier alpha value is -3.13. The molecule has 3 aromatic rings. The smallest absolute Gasteiger partial charge is 0.341 e. The van der Waals surface area contributed by atoms with Gasteiger partial charge in [0.05, 0.1) is 24.2 Å². The zero-order valence-electron chi connectivity index (χ0n) is 16.6. The zero-order valence-corrected chi connectivity index (χ0v) is 17.5. The molecule has 0 fully saturated rings. The van der Waals surface area contributed by atoms with Crippen molar-refractivity contribution in [1.29, 1.82) is 0 Å². The Morgan fingerprint density at radius 1 is 1.07 bits per heavy atom. The Morgan fingerprint density at radius 3 is 2.47 bits per heavy atom. The van der Waals surface area contributed by atoms with Crippen LogP contribution in [0.25, 0.3) is 0 Å². The molecule has 2 heterocycles. The van der Waals surface area contributed by atoms with E-state index in [0.29, 0.717) is 16.4 Å². The maximum absolute atomic E-state index is 14.6. The first kappa shape index (κ1) is 20.2. The maximum atomic E-state index is 14.6. The van der Waals surface area contributed by atoms with Crippen LogP contribution in [-0.2, 0) is 6.54 Å². The highest BCUT2D eigenvalue weighted by Gasteiger charge is 2.34. The zero-order chi connectivity index (χ0) is 21.4. The molecule has 0 saturated heterocycles. The second-order valence-corrected chi connectivity index (χ2v) is 7.91. The van der Waals surface area contributed by atoms with Gasteiger partial charge in [-0.05, 0) is 49.2 Å². The number of urea groups is 1. The predicted molar refractivity (Wildman–Crippen MR) is 113 cm³/mol. The summed E-state index contributed by atoms with van der Waals surface area (Å²) in [5.74, 6) is -1.13. The number of hydrogen-bond acceptors (Lipinski definition) is 4. The number of aryl methyl sites for hydroxylation is 2. The number of halogens is 2. The molecule has 0 bridgehead atoms. The van der Waals surface area contributed by atoms with Crippen LogP contribution in [0.3, 0.4) is 0 Å². The van der Waals surface area contributed by atoms with E-state index < -0.39 is 17.7 Å². The van der Waals surface area contributed by atoms with Gasteiger partial charge < -0.3 is 4.74 Å². The van der Waals surface area contributed by atoms with Gasteiger partial charge >= 0.3 is 6.03 Å². The molecule has 0 atom stereocenters. The Kier molecular flexibility index (Phi) is 5.34. The molecule has 5 nitrogen and oxygen atoms in total. The number of ether oxygens (including phenoxy) is 1. The number of rotatable bonds is 4. The molecule has 8 heteroatoms. The third-order valence-corrected chi connectivity index (χ3v) is 6.06. The quantitative estimate of drug-likeness (QED) is 0.506. The summed E-state index contributed by atoms with van der Waals surface area (Å²) < 4.78 is 35.6. The van der Waals surface area contributed by atoms with Gasteiger partial charge in [0, 0.05) is 35.8 Å². The van der Waals surface area contributed by atoms with Crippen LogP contribution in [0.5, 0.6) is 5.75 Å². The van der Waals surface area contributed by atoms with Gasteiger partial charge in [0.1, 0.15) is 17.4 Å². The molecule has 0 N–H and O–H groups in total. The average Bonchev–Trinajstić information content (AvgIpc) is 2.73. The van der Waals surface area contributed by atoms with Gasteiger partial charge in [-0.3, -0.25) is 4.90 Å². The molecule has 0 spiro atoms. The summed E-state index contributed by atoms with van der Waals surface area (Å²) in [6.07, 6.45) is 1.55. The van der Waals surface area contributed by atoms with Crippen molar-refractivity contribution in [3.05, 3.63) is 77.0 Å². The molecule has 0 aliphatic carbocycles. The number of carbonyl (C=O) groups is 1. The monoisotopic (exact) mass is 427 g/mol. The highest BCUT2D eigenvalue weighted by Crippen LogP contribution is 2.41. The molecule has 4 rings (SSSR count). The minimum Gasteiger partial charge on any atom is -0.497 e. The van der Waals surface area contributed by atoms with Crippen LogP contribution < -0.4 is 13.9 Å². The molecule has 2 aromatic carbocycles. The fourth-order valence-corrected chi connectivity index (χ4v) is 4.13. The minimum absolute atomic E-state index is 0.0737. The number of anilines is 2. The number of nitrogens with zero attached hydrogens (tertiary/aromatic N) is 3. The van der Waals surface area contributed by atoms with Gasteiger partial charge in [0.15, 0.2) is 5.82 Å². The van der Waals surface area contributed by atoms with Gasteiger partial charge in [0.2, 0.25) is 0 Å². The summed E-state index contributed by atoms with van der Waals surface area (Å²) in [5, 5.41) is 0. The van der Waals surface area contributed by atoms with Crippen molar-refractivity contribution in [2.45, 2.75) is 25.3 Å². The first-order chi connectivity index (χ1) is 14.4. The summed E-state index contributed by atoms with van der Waals surface area (Å²) in [5.41, 5.74) is 2.60. The number of amides is 2. The van der Waals surface area contributed by atoms with E-state index >= 15 is 0 Å². The Morgan fingerprint density at radius 2 is 1.80 bits per heavy atom. The molecular weight excluding hydrogens is 408 g/mol. The number of benzene rings is 2. The van der Waals surface area contributed by atoms with Gasteiger partial charge in [-0.15, -0.1) is 0 Å². The molecule has 0 radical (unpaired) electrons. The molecule has 0 unspecified atom stereocenters. The second kappa shape index (κ2) is 7.95. The van der Waals surface area contributed by atoms with Crippen molar-refractivity contribution >= 4 is 29.5 Å². The molecule has 0 saturated carbocycles. The van der Waals surface area contributed by atoms with Gasteiger partial charge in [-0.1, -0.05) is 6.07 Å². The highest BCUT2D eigenvalue weighted by molar-refractivity contribution is 8.01. The Balaban J connectivity index is 1.76. The summed E-state index contributed by atoms with van der Waals surface area (Å²) >= 11 is 1.23. The van der Waals surface area contributed by atoms with E-state index in [0.717, 1.165) is 23.3 Å². The largest absolute Gasteiger partial charge is 0.497 e. The lowest BCUT2D eigenvalue weighted by Gasteiger charge is -2.35. The van der Waals surface area contributed by atoms with E-state index in [4.69, 9.17) is 4.74 Å². The van der Waals surface area contributed by atoms with E-state index in [1.54, 1.807) is 12.3 Å².